The third-order valence-electron chi connectivity index (χ3n) is 0.930. The summed E-state index contributed by atoms with van der Waals surface area (Å²) in [6.07, 6.45) is 1.30. The number of hydrogen-bond acceptors (Lipinski definition) is 1. The van der Waals surface area contributed by atoms with Crippen LogP contribution in [0, 0.1) is 0 Å². The van der Waals surface area contributed by atoms with Crippen LogP contribution in [-0.2, 0) is 4.74 Å². The molecule has 33 valence electrons. The van der Waals surface area contributed by atoms with Gasteiger partial charge in [0.15, 0.2) is 0 Å². The third-order valence-corrected chi connectivity index (χ3v) is 2.23. The number of hydrogen-bond donors (Lipinski definition) is 0. The summed E-state index contributed by atoms with van der Waals surface area (Å²) in [6.45, 7) is 2.04. The van der Waals surface area contributed by atoms with Crippen molar-refractivity contribution in [2.75, 3.05) is 13.2 Å². The molecule has 1 fully saturated rings. The molecular weight excluding hydrogens is 183 g/mol. The van der Waals surface area contributed by atoms with Crippen LogP contribution in [0.15, 0.2) is 0 Å². The molecule has 0 aromatic rings. The van der Waals surface area contributed by atoms with E-state index >= 15 is 0 Å². The molecule has 1 atom stereocenters. The van der Waals surface area contributed by atoms with Crippen LogP contribution in [0.2, 0.25) is 3.93 Å². The summed E-state index contributed by atoms with van der Waals surface area (Å²) < 4.78 is 5.99. The second-order valence-electron chi connectivity index (χ2n) is 1.56. The Kier molecular flexibility index (Phi) is 1.77. The number of rotatable bonds is 0. The van der Waals surface area contributed by atoms with Crippen molar-refractivity contribution in [3.63, 3.8) is 0 Å². The van der Waals surface area contributed by atoms with Crippen molar-refractivity contribution < 1.29 is 4.74 Å². The molecule has 2 heteroatoms. The summed E-state index contributed by atoms with van der Waals surface area (Å²) >= 11 is 1.64. The van der Waals surface area contributed by atoms with Gasteiger partial charge in [-0.3, -0.25) is 0 Å². The first-order valence-corrected chi connectivity index (χ1v) is 3.83. The zero-order chi connectivity index (χ0) is 4.41. The minimum atomic E-state index is 0.914. The van der Waals surface area contributed by atoms with E-state index in [4.69, 9.17) is 4.74 Å². The Morgan fingerprint density at radius 3 is 2.67 bits per heavy atom. The topological polar surface area (TPSA) is 9.23 Å². The second-order valence-corrected chi connectivity index (χ2v) is 3.89. The zero-order valence-electron chi connectivity index (χ0n) is 3.61. The van der Waals surface area contributed by atoms with Crippen LogP contribution >= 0.6 is 0 Å². The summed E-state index contributed by atoms with van der Waals surface area (Å²) in [5.74, 6) is 0. The molecular formula is C4H7OSn. The standard InChI is InChI=1S/C4H7O.Sn/c1-2-4-5-3-1;/h1H,2-4H2;. The van der Waals surface area contributed by atoms with Crippen LogP contribution in [0.3, 0.4) is 0 Å². The Labute approximate surface area is 51.2 Å². The fourth-order valence-electron chi connectivity index (χ4n) is 0.535. The van der Waals surface area contributed by atoms with Crippen molar-refractivity contribution >= 4 is 22.5 Å². The fourth-order valence-corrected chi connectivity index (χ4v) is 1.21. The van der Waals surface area contributed by atoms with Crippen LogP contribution in [0.5, 0.6) is 0 Å². The first kappa shape index (κ1) is 4.91. The van der Waals surface area contributed by atoms with Gasteiger partial charge in [-0.05, 0) is 0 Å². The normalized spacial score (nSPS) is 34.5. The van der Waals surface area contributed by atoms with Crippen LogP contribution in [0.4, 0.5) is 0 Å². The van der Waals surface area contributed by atoms with Gasteiger partial charge in [0.25, 0.3) is 0 Å². The van der Waals surface area contributed by atoms with Crippen LogP contribution < -0.4 is 0 Å². The SMILES string of the molecule is [Sn][CH]1CCOC1. The molecule has 0 amide bonds. The quantitative estimate of drug-likeness (QED) is 0.501. The molecule has 0 spiro atoms. The van der Waals surface area contributed by atoms with Gasteiger partial charge in [-0.25, -0.2) is 0 Å². The fraction of sp³-hybridized carbons (Fsp3) is 1.00. The van der Waals surface area contributed by atoms with E-state index in [9.17, 15) is 0 Å². The van der Waals surface area contributed by atoms with Crippen molar-refractivity contribution in [3.8, 4) is 0 Å². The summed E-state index contributed by atoms with van der Waals surface area (Å²) in [6, 6.07) is 0. The van der Waals surface area contributed by atoms with Gasteiger partial charge in [-0.2, -0.15) is 0 Å². The molecule has 6 heavy (non-hydrogen) atoms. The van der Waals surface area contributed by atoms with Crippen LogP contribution in [-0.4, -0.2) is 35.7 Å². The van der Waals surface area contributed by atoms with E-state index in [1.807, 2.05) is 0 Å². The maximum atomic E-state index is 5.08. The molecule has 0 aromatic carbocycles. The van der Waals surface area contributed by atoms with Crippen molar-refractivity contribution in [2.24, 2.45) is 0 Å². The Balaban J connectivity index is 2.18. The monoisotopic (exact) mass is 191 g/mol. The molecule has 1 unspecified atom stereocenters. The van der Waals surface area contributed by atoms with E-state index in [1.165, 1.54) is 6.42 Å². The summed E-state index contributed by atoms with van der Waals surface area (Å²) in [4.78, 5) is 0. The van der Waals surface area contributed by atoms with Gasteiger partial charge in [0, 0.05) is 0 Å². The average Bonchev–Trinajstić information content (AvgIpc) is 1.86. The molecule has 0 bridgehead atoms. The summed E-state index contributed by atoms with van der Waals surface area (Å²) in [5, 5.41) is 0. The molecule has 0 saturated carbocycles. The molecule has 1 nitrogen and oxygen atoms in total. The molecule has 1 aliphatic rings. The summed E-state index contributed by atoms with van der Waals surface area (Å²) in [5.41, 5.74) is 0. The maximum absolute atomic E-state index is 5.08. The molecule has 0 aromatic heterocycles. The Hall–Kier alpha value is 0.759. The second kappa shape index (κ2) is 2.17. The Morgan fingerprint density at radius 1 is 1.67 bits per heavy atom. The van der Waals surface area contributed by atoms with Crippen molar-refractivity contribution in [3.05, 3.63) is 0 Å². The van der Waals surface area contributed by atoms with E-state index < -0.39 is 0 Å². The van der Waals surface area contributed by atoms with Crippen LogP contribution in [0.1, 0.15) is 6.42 Å². The molecule has 1 rings (SSSR count). The van der Waals surface area contributed by atoms with E-state index in [0.717, 1.165) is 17.1 Å². The van der Waals surface area contributed by atoms with Gasteiger partial charge in [-0.15, -0.1) is 0 Å². The zero-order valence-corrected chi connectivity index (χ0v) is 6.46. The van der Waals surface area contributed by atoms with Crippen molar-refractivity contribution in [1.82, 2.24) is 0 Å². The Bertz CT molecular complexity index is 40.8. The van der Waals surface area contributed by atoms with Gasteiger partial charge in [0.1, 0.15) is 0 Å². The molecule has 1 heterocycles. The summed E-state index contributed by atoms with van der Waals surface area (Å²) in [7, 11) is 0. The molecule has 0 aliphatic carbocycles. The molecule has 0 N–H and O–H groups in total. The van der Waals surface area contributed by atoms with Gasteiger partial charge < -0.3 is 0 Å². The van der Waals surface area contributed by atoms with Crippen molar-refractivity contribution in [2.45, 2.75) is 10.4 Å². The van der Waals surface area contributed by atoms with E-state index in [0.29, 0.717) is 0 Å². The van der Waals surface area contributed by atoms with E-state index in [-0.39, 0.29) is 0 Å². The van der Waals surface area contributed by atoms with Gasteiger partial charge in [0.05, 0.1) is 0 Å². The predicted octanol–water partition coefficient (Wildman–Crippen LogP) is 0.364. The van der Waals surface area contributed by atoms with Gasteiger partial charge >= 0.3 is 50.8 Å². The predicted molar refractivity (Wildman–Crippen MR) is 24.9 cm³/mol. The van der Waals surface area contributed by atoms with Gasteiger partial charge in [-0.1, -0.05) is 0 Å². The molecule has 3 radical (unpaired) electrons. The van der Waals surface area contributed by atoms with Crippen molar-refractivity contribution in [1.29, 1.82) is 0 Å². The van der Waals surface area contributed by atoms with E-state index in [1.54, 1.807) is 22.5 Å². The first-order valence-electron chi connectivity index (χ1n) is 2.18. The van der Waals surface area contributed by atoms with Crippen LogP contribution in [0.25, 0.3) is 0 Å². The molecule has 1 saturated heterocycles. The van der Waals surface area contributed by atoms with E-state index in [2.05, 4.69) is 0 Å². The first-order chi connectivity index (χ1) is 2.89. The number of ether oxygens (including phenoxy) is 1. The Morgan fingerprint density at radius 2 is 2.50 bits per heavy atom. The minimum absolute atomic E-state index is 0.914. The van der Waals surface area contributed by atoms with Gasteiger partial charge in [0.2, 0.25) is 0 Å². The molecule has 1 aliphatic heterocycles. The average molecular weight is 190 g/mol. The third kappa shape index (κ3) is 1.12.